The van der Waals surface area contributed by atoms with Crippen LogP contribution in [0.2, 0.25) is 0 Å². The summed E-state index contributed by atoms with van der Waals surface area (Å²) in [5, 5.41) is 19.6. The summed E-state index contributed by atoms with van der Waals surface area (Å²) in [5.41, 5.74) is -1.62. The number of carbonyl (C=O) groups excluding carboxylic acids is 1. The van der Waals surface area contributed by atoms with Crippen LogP contribution in [-0.4, -0.2) is 28.5 Å². The number of carboxylic acid groups (broad SMARTS) is 1. The molecular weight excluding hydrogens is 278 g/mol. The number of nitrogens with zero attached hydrogens (tertiary/aromatic N) is 2. The average Bonchev–Trinajstić information content (AvgIpc) is 2.70. The number of anilines is 1. The molecule has 0 bridgehead atoms. The van der Waals surface area contributed by atoms with Crippen molar-refractivity contribution in [2.24, 2.45) is 5.92 Å². The first-order valence-corrected chi connectivity index (χ1v) is 5.48. The Hall–Kier alpha value is -2.58. The number of hydrogen-bond donors (Lipinski definition) is 1. The van der Waals surface area contributed by atoms with Crippen LogP contribution in [0.15, 0.2) is 12.1 Å². The molecule has 1 saturated heterocycles. The molecule has 0 saturated carbocycles. The largest absolute Gasteiger partial charge is 0.481 e. The van der Waals surface area contributed by atoms with Crippen molar-refractivity contribution >= 4 is 23.3 Å². The van der Waals surface area contributed by atoms with Gasteiger partial charge in [-0.2, -0.15) is 0 Å². The van der Waals surface area contributed by atoms with Gasteiger partial charge in [0.15, 0.2) is 11.5 Å². The van der Waals surface area contributed by atoms with E-state index in [0.29, 0.717) is 17.0 Å². The maximum atomic E-state index is 13.7. The quantitative estimate of drug-likeness (QED) is 0.667. The number of aliphatic carboxylic acids is 1. The van der Waals surface area contributed by atoms with Crippen molar-refractivity contribution in [1.82, 2.24) is 0 Å². The molecule has 1 fully saturated rings. The average molecular weight is 286 g/mol. The van der Waals surface area contributed by atoms with E-state index < -0.39 is 52.3 Å². The predicted molar refractivity (Wildman–Crippen MR) is 61.1 cm³/mol. The summed E-state index contributed by atoms with van der Waals surface area (Å²) in [6.45, 7) is -0.391. The van der Waals surface area contributed by atoms with E-state index in [1.807, 2.05) is 0 Å². The molecule has 1 aromatic rings. The maximum Gasteiger partial charge on any atom is 0.308 e. The van der Waals surface area contributed by atoms with Crippen LogP contribution < -0.4 is 4.90 Å². The van der Waals surface area contributed by atoms with E-state index >= 15 is 0 Å². The van der Waals surface area contributed by atoms with Gasteiger partial charge in [0.1, 0.15) is 5.82 Å². The summed E-state index contributed by atoms with van der Waals surface area (Å²) in [5.74, 6) is -5.53. The lowest BCUT2D eigenvalue weighted by atomic mass is 10.1. The van der Waals surface area contributed by atoms with Gasteiger partial charge in [-0.3, -0.25) is 19.7 Å². The van der Waals surface area contributed by atoms with E-state index in [4.69, 9.17) is 5.11 Å². The minimum Gasteiger partial charge on any atom is -0.481 e. The number of nitro benzene ring substituents is 1. The monoisotopic (exact) mass is 286 g/mol. The van der Waals surface area contributed by atoms with Crippen LogP contribution >= 0.6 is 0 Å². The predicted octanol–water partition coefficient (Wildman–Crippen LogP) is 1.31. The second-order valence-electron chi connectivity index (χ2n) is 4.26. The van der Waals surface area contributed by atoms with Crippen LogP contribution in [0, 0.1) is 27.7 Å². The standard InChI is InChI=1S/C11H8F2N2O5/c12-6-2-7(13)10(8(3-6)15(19)20)14-4-5(11(17)18)1-9(14)16/h2-3,5H,1,4H2,(H,17,18). The van der Waals surface area contributed by atoms with Gasteiger partial charge >= 0.3 is 5.97 Å². The second kappa shape index (κ2) is 4.83. The molecule has 1 unspecified atom stereocenters. The third kappa shape index (κ3) is 2.29. The fourth-order valence-electron chi connectivity index (χ4n) is 2.05. The minimum atomic E-state index is -1.28. The van der Waals surface area contributed by atoms with E-state index in [0.717, 1.165) is 0 Å². The fraction of sp³-hybridized carbons (Fsp3) is 0.273. The van der Waals surface area contributed by atoms with Gasteiger partial charge in [0.05, 0.1) is 16.9 Å². The summed E-state index contributed by atoms with van der Waals surface area (Å²) in [6, 6.07) is 0.892. The van der Waals surface area contributed by atoms with Crippen molar-refractivity contribution in [3.05, 3.63) is 33.9 Å². The Bertz CT molecular complexity index is 619. The molecule has 1 amide bonds. The van der Waals surface area contributed by atoms with Gasteiger partial charge in [-0.1, -0.05) is 0 Å². The first-order chi connectivity index (χ1) is 9.31. The highest BCUT2D eigenvalue weighted by Crippen LogP contribution is 2.36. The number of rotatable bonds is 3. The highest BCUT2D eigenvalue weighted by Gasteiger charge is 2.39. The molecular formula is C11H8F2N2O5. The van der Waals surface area contributed by atoms with Crippen LogP contribution in [0.25, 0.3) is 0 Å². The van der Waals surface area contributed by atoms with E-state index in [1.54, 1.807) is 0 Å². The smallest absolute Gasteiger partial charge is 0.308 e. The van der Waals surface area contributed by atoms with Crippen LogP contribution in [-0.2, 0) is 9.59 Å². The van der Waals surface area contributed by atoms with E-state index in [1.165, 1.54) is 0 Å². The fourth-order valence-corrected chi connectivity index (χ4v) is 2.05. The summed E-state index contributed by atoms with van der Waals surface area (Å²) in [7, 11) is 0. The molecule has 20 heavy (non-hydrogen) atoms. The topological polar surface area (TPSA) is 101 Å². The Morgan fingerprint density at radius 3 is 2.60 bits per heavy atom. The first kappa shape index (κ1) is 13.8. The van der Waals surface area contributed by atoms with Crippen molar-refractivity contribution in [3.8, 4) is 0 Å². The molecule has 7 nitrogen and oxygen atoms in total. The third-order valence-electron chi connectivity index (χ3n) is 2.95. The molecule has 0 aliphatic carbocycles. The SMILES string of the molecule is O=C(O)C1CC(=O)N(c2c(F)cc(F)cc2[N+](=O)[O-])C1. The lowest BCUT2D eigenvalue weighted by Gasteiger charge is -2.16. The summed E-state index contributed by atoms with van der Waals surface area (Å²) >= 11 is 0. The normalized spacial score (nSPS) is 18.4. The summed E-state index contributed by atoms with van der Waals surface area (Å²) in [6.07, 6.45) is -0.386. The molecule has 1 heterocycles. The lowest BCUT2D eigenvalue weighted by molar-refractivity contribution is -0.384. The lowest BCUT2D eigenvalue weighted by Crippen LogP contribution is -2.27. The molecule has 9 heteroatoms. The van der Waals surface area contributed by atoms with Crippen LogP contribution in [0.4, 0.5) is 20.2 Å². The number of hydrogen-bond acceptors (Lipinski definition) is 4. The molecule has 1 N–H and O–H groups in total. The first-order valence-electron chi connectivity index (χ1n) is 5.48. The summed E-state index contributed by atoms with van der Waals surface area (Å²) < 4.78 is 26.8. The minimum absolute atomic E-state index is 0.386. The van der Waals surface area contributed by atoms with E-state index in [2.05, 4.69) is 0 Å². The Kier molecular flexibility index (Phi) is 3.35. The maximum absolute atomic E-state index is 13.7. The number of carboxylic acids is 1. The molecule has 106 valence electrons. The van der Waals surface area contributed by atoms with Crippen molar-refractivity contribution in [2.45, 2.75) is 6.42 Å². The van der Waals surface area contributed by atoms with Crippen LogP contribution in [0.3, 0.4) is 0 Å². The number of amides is 1. The van der Waals surface area contributed by atoms with Gasteiger partial charge < -0.3 is 10.0 Å². The molecule has 1 atom stereocenters. The molecule has 0 radical (unpaired) electrons. The molecule has 1 aliphatic rings. The zero-order valence-electron chi connectivity index (χ0n) is 9.88. The number of nitro groups is 1. The third-order valence-corrected chi connectivity index (χ3v) is 2.95. The van der Waals surface area contributed by atoms with E-state index in [-0.39, 0.29) is 6.42 Å². The van der Waals surface area contributed by atoms with Gasteiger partial charge in [0, 0.05) is 19.0 Å². The van der Waals surface area contributed by atoms with Gasteiger partial charge in [-0.15, -0.1) is 0 Å². The number of benzene rings is 1. The number of halogens is 2. The van der Waals surface area contributed by atoms with Crippen LogP contribution in [0.1, 0.15) is 6.42 Å². The molecule has 1 aromatic carbocycles. The van der Waals surface area contributed by atoms with E-state index in [9.17, 15) is 28.5 Å². The zero-order valence-corrected chi connectivity index (χ0v) is 9.88. The Labute approximate surface area is 110 Å². The van der Waals surface area contributed by atoms with Crippen molar-refractivity contribution in [2.75, 3.05) is 11.4 Å². The Morgan fingerprint density at radius 1 is 1.45 bits per heavy atom. The van der Waals surface area contributed by atoms with Crippen molar-refractivity contribution < 1.29 is 28.4 Å². The number of carbonyl (C=O) groups is 2. The molecule has 2 rings (SSSR count). The molecule has 0 aromatic heterocycles. The molecule has 0 spiro atoms. The second-order valence-corrected chi connectivity index (χ2v) is 4.26. The summed E-state index contributed by atoms with van der Waals surface area (Å²) in [4.78, 5) is 33.0. The Balaban J connectivity index is 2.50. The Morgan fingerprint density at radius 2 is 2.10 bits per heavy atom. The van der Waals surface area contributed by atoms with Crippen LogP contribution in [0.5, 0.6) is 0 Å². The van der Waals surface area contributed by atoms with Gasteiger partial charge in [0.25, 0.3) is 5.69 Å². The highest BCUT2D eigenvalue weighted by atomic mass is 19.1. The molecule has 1 aliphatic heterocycles. The van der Waals surface area contributed by atoms with Gasteiger partial charge in [-0.25, -0.2) is 8.78 Å². The van der Waals surface area contributed by atoms with Gasteiger partial charge in [-0.05, 0) is 0 Å². The van der Waals surface area contributed by atoms with Gasteiger partial charge in [0.2, 0.25) is 5.91 Å². The van der Waals surface area contributed by atoms with Crippen molar-refractivity contribution in [1.29, 1.82) is 0 Å². The zero-order chi connectivity index (χ0) is 15.0. The highest BCUT2D eigenvalue weighted by molar-refractivity contribution is 6.01. The van der Waals surface area contributed by atoms with Crippen molar-refractivity contribution in [3.63, 3.8) is 0 Å².